The normalized spacial score (nSPS) is 26.9. The van der Waals surface area contributed by atoms with Crippen LogP contribution in [0.3, 0.4) is 0 Å². The zero-order valence-corrected chi connectivity index (χ0v) is 12.8. The molecule has 2 aliphatic heterocycles. The van der Waals surface area contributed by atoms with Crippen molar-refractivity contribution in [3.8, 4) is 0 Å². The van der Waals surface area contributed by atoms with Crippen molar-refractivity contribution in [3.63, 3.8) is 0 Å². The van der Waals surface area contributed by atoms with Gasteiger partial charge in [0.05, 0.1) is 12.7 Å². The Hall–Kier alpha value is -1.39. The molecule has 4 nitrogen and oxygen atoms in total. The van der Waals surface area contributed by atoms with Crippen molar-refractivity contribution in [2.75, 3.05) is 20.2 Å². The quantitative estimate of drug-likeness (QED) is 0.895. The number of carbonyl (C=O) groups is 1. The molecule has 4 heteroatoms. The van der Waals surface area contributed by atoms with Gasteiger partial charge in [-0.15, -0.1) is 0 Å². The Morgan fingerprint density at radius 1 is 1.43 bits per heavy atom. The Kier molecular flexibility index (Phi) is 4.27. The van der Waals surface area contributed by atoms with Crippen LogP contribution in [0.15, 0.2) is 18.2 Å². The number of fused-ring (bicyclic) bond motifs is 1. The SMILES string of the molecule is CNC(c1ccc2c(c1)C(=O)NCCC2)C1COC(C)C1. The second kappa shape index (κ2) is 6.16. The van der Waals surface area contributed by atoms with E-state index in [1.165, 1.54) is 11.1 Å². The summed E-state index contributed by atoms with van der Waals surface area (Å²) >= 11 is 0. The van der Waals surface area contributed by atoms with Crippen LogP contribution in [-0.2, 0) is 11.2 Å². The van der Waals surface area contributed by atoms with E-state index < -0.39 is 0 Å². The predicted octanol–water partition coefficient (Wildman–Crippen LogP) is 2.05. The maximum absolute atomic E-state index is 12.2. The summed E-state index contributed by atoms with van der Waals surface area (Å²) in [5.41, 5.74) is 3.20. The van der Waals surface area contributed by atoms with Gasteiger partial charge in [0.1, 0.15) is 0 Å². The third-order valence-corrected chi connectivity index (χ3v) is 4.66. The summed E-state index contributed by atoms with van der Waals surface area (Å²) in [4.78, 5) is 12.2. The molecular formula is C17H24N2O2. The Bertz CT molecular complexity index is 530. The summed E-state index contributed by atoms with van der Waals surface area (Å²) in [6.07, 6.45) is 3.38. The van der Waals surface area contributed by atoms with E-state index in [-0.39, 0.29) is 11.9 Å². The number of hydrogen-bond acceptors (Lipinski definition) is 3. The van der Waals surface area contributed by atoms with Gasteiger partial charge in [-0.2, -0.15) is 0 Å². The molecule has 114 valence electrons. The van der Waals surface area contributed by atoms with Gasteiger partial charge in [-0.05, 0) is 50.4 Å². The molecule has 0 saturated carbocycles. The van der Waals surface area contributed by atoms with Crippen LogP contribution in [0.2, 0.25) is 0 Å². The predicted molar refractivity (Wildman–Crippen MR) is 82.4 cm³/mol. The zero-order valence-electron chi connectivity index (χ0n) is 12.8. The summed E-state index contributed by atoms with van der Waals surface area (Å²) in [6.45, 7) is 3.68. The molecule has 21 heavy (non-hydrogen) atoms. The maximum Gasteiger partial charge on any atom is 0.251 e. The summed E-state index contributed by atoms with van der Waals surface area (Å²) < 4.78 is 5.70. The lowest BCUT2D eigenvalue weighted by Gasteiger charge is -2.23. The Morgan fingerprint density at radius 2 is 2.29 bits per heavy atom. The minimum atomic E-state index is 0.0650. The van der Waals surface area contributed by atoms with E-state index >= 15 is 0 Å². The number of rotatable bonds is 3. The second-order valence-electron chi connectivity index (χ2n) is 6.18. The fourth-order valence-corrected chi connectivity index (χ4v) is 3.55. The molecule has 0 bridgehead atoms. The maximum atomic E-state index is 12.2. The zero-order chi connectivity index (χ0) is 14.8. The van der Waals surface area contributed by atoms with Gasteiger partial charge in [0, 0.05) is 24.1 Å². The first-order valence-electron chi connectivity index (χ1n) is 7.89. The lowest BCUT2D eigenvalue weighted by Crippen LogP contribution is -2.27. The van der Waals surface area contributed by atoms with E-state index in [1.54, 1.807) is 0 Å². The van der Waals surface area contributed by atoms with Crippen LogP contribution in [0.5, 0.6) is 0 Å². The van der Waals surface area contributed by atoms with Crippen molar-refractivity contribution >= 4 is 5.91 Å². The minimum absolute atomic E-state index is 0.0650. The highest BCUT2D eigenvalue weighted by molar-refractivity contribution is 5.96. The molecule has 1 amide bonds. The Morgan fingerprint density at radius 3 is 3.00 bits per heavy atom. The van der Waals surface area contributed by atoms with Gasteiger partial charge in [0.15, 0.2) is 0 Å². The second-order valence-corrected chi connectivity index (χ2v) is 6.18. The van der Waals surface area contributed by atoms with Crippen LogP contribution in [0, 0.1) is 5.92 Å². The largest absolute Gasteiger partial charge is 0.378 e. The molecule has 0 radical (unpaired) electrons. The Balaban J connectivity index is 1.89. The molecule has 3 unspecified atom stereocenters. The molecule has 1 aromatic carbocycles. The molecule has 3 atom stereocenters. The topological polar surface area (TPSA) is 50.4 Å². The summed E-state index contributed by atoms with van der Waals surface area (Å²) in [5.74, 6) is 0.534. The molecule has 0 aliphatic carbocycles. The Labute approximate surface area is 126 Å². The van der Waals surface area contributed by atoms with Gasteiger partial charge < -0.3 is 15.4 Å². The van der Waals surface area contributed by atoms with Crippen LogP contribution in [0.1, 0.15) is 47.3 Å². The first-order chi connectivity index (χ1) is 10.2. The molecular weight excluding hydrogens is 264 g/mol. The number of nitrogens with one attached hydrogen (secondary N) is 2. The highest BCUT2D eigenvalue weighted by Gasteiger charge is 2.30. The van der Waals surface area contributed by atoms with Crippen LogP contribution >= 0.6 is 0 Å². The standard InChI is InChI=1S/C17H24N2O2/c1-11-8-14(10-21-11)16(18-2)13-6-5-12-4-3-7-19-17(20)15(12)9-13/h5-6,9,11,14,16,18H,3-4,7-8,10H2,1-2H3,(H,19,20). The monoisotopic (exact) mass is 288 g/mol. The van der Waals surface area contributed by atoms with E-state index in [0.29, 0.717) is 12.0 Å². The van der Waals surface area contributed by atoms with Crippen LogP contribution in [-0.4, -0.2) is 32.2 Å². The summed E-state index contributed by atoms with van der Waals surface area (Å²) in [5, 5.41) is 6.38. The average Bonchev–Trinajstić information content (AvgIpc) is 2.82. The van der Waals surface area contributed by atoms with Crippen molar-refractivity contribution < 1.29 is 9.53 Å². The fourth-order valence-electron chi connectivity index (χ4n) is 3.55. The highest BCUT2D eigenvalue weighted by Crippen LogP contribution is 2.32. The lowest BCUT2D eigenvalue weighted by atomic mass is 9.89. The number of amides is 1. The van der Waals surface area contributed by atoms with Gasteiger partial charge >= 0.3 is 0 Å². The first-order valence-corrected chi connectivity index (χ1v) is 7.89. The number of hydrogen-bond donors (Lipinski definition) is 2. The van der Waals surface area contributed by atoms with Crippen LogP contribution in [0.4, 0.5) is 0 Å². The molecule has 1 aromatic rings. The van der Waals surface area contributed by atoms with Crippen molar-refractivity contribution in [2.45, 2.75) is 38.3 Å². The van der Waals surface area contributed by atoms with Gasteiger partial charge in [0.25, 0.3) is 5.91 Å². The lowest BCUT2D eigenvalue weighted by molar-refractivity contribution is 0.0956. The van der Waals surface area contributed by atoms with Gasteiger partial charge in [0.2, 0.25) is 0 Å². The molecule has 2 aliphatic rings. The van der Waals surface area contributed by atoms with Gasteiger partial charge in [-0.3, -0.25) is 4.79 Å². The fraction of sp³-hybridized carbons (Fsp3) is 0.588. The van der Waals surface area contributed by atoms with Crippen molar-refractivity contribution in [1.82, 2.24) is 10.6 Å². The van der Waals surface area contributed by atoms with Crippen molar-refractivity contribution in [2.24, 2.45) is 5.92 Å². The van der Waals surface area contributed by atoms with Crippen LogP contribution in [0.25, 0.3) is 0 Å². The molecule has 1 saturated heterocycles. The van der Waals surface area contributed by atoms with E-state index in [2.05, 4.69) is 35.8 Å². The molecule has 1 fully saturated rings. The summed E-state index contributed by atoms with van der Waals surface area (Å²) in [7, 11) is 1.99. The van der Waals surface area contributed by atoms with Crippen molar-refractivity contribution in [1.29, 1.82) is 0 Å². The third-order valence-electron chi connectivity index (χ3n) is 4.66. The van der Waals surface area contributed by atoms with E-state index in [0.717, 1.165) is 38.0 Å². The molecule has 0 aromatic heterocycles. The van der Waals surface area contributed by atoms with E-state index in [1.807, 2.05) is 7.05 Å². The van der Waals surface area contributed by atoms with Crippen molar-refractivity contribution in [3.05, 3.63) is 34.9 Å². The molecule has 3 rings (SSSR count). The smallest absolute Gasteiger partial charge is 0.251 e. The first kappa shape index (κ1) is 14.5. The van der Waals surface area contributed by atoms with E-state index in [9.17, 15) is 4.79 Å². The van der Waals surface area contributed by atoms with Crippen LogP contribution < -0.4 is 10.6 Å². The summed E-state index contributed by atoms with van der Waals surface area (Å²) in [6, 6.07) is 6.61. The number of benzene rings is 1. The number of ether oxygens (including phenoxy) is 1. The molecule has 0 spiro atoms. The number of carbonyl (C=O) groups excluding carboxylic acids is 1. The minimum Gasteiger partial charge on any atom is -0.378 e. The molecule has 2 N–H and O–H groups in total. The van der Waals surface area contributed by atoms with E-state index in [4.69, 9.17) is 4.74 Å². The average molecular weight is 288 g/mol. The molecule has 2 heterocycles. The highest BCUT2D eigenvalue weighted by atomic mass is 16.5. The van der Waals surface area contributed by atoms with Gasteiger partial charge in [-0.1, -0.05) is 12.1 Å². The van der Waals surface area contributed by atoms with Gasteiger partial charge in [-0.25, -0.2) is 0 Å². The third kappa shape index (κ3) is 2.97. The number of aryl methyl sites for hydroxylation is 1.